The minimum atomic E-state index is -0.509. The van der Waals surface area contributed by atoms with Gasteiger partial charge in [-0.05, 0) is 47.2 Å². The number of hydrogen-bond donors (Lipinski definition) is 1. The van der Waals surface area contributed by atoms with Crippen LogP contribution in [0.2, 0.25) is 0 Å². The van der Waals surface area contributed by atoms with Crippen LogP contribution in [0.4, 0.5) is 0 Å². The summed E-state index contributed by atoms with van der Waals surface area (Å²) in [6, 6.07) is 0.398. The number of rotatable bonds is 7. The maximum atomic E-state index is 12.1. The summed E-state index contributed by atoms with van der Waals surface area (Å²) >= 11 is 0. The van der Waals surface area contributed by atoms with Crippen molar-refractivity contribution >= 4 is 5.97 Å². The molecule has 3 atom stereocenters. The number of methoxy groups -OCH3 is 1. The van der Waals surface area contributed by atoms with Crippen molar-refractivity contribution in [2.75, 3.05) is 34.4 Å². The molecule has 0 radical (unpaired) electrons. The van der Waals surface area contributed by atoms with Crippen molar-refractivity contribution in [2.24, 2.45) is 0 Å². The van der Waals surface area contributed by atoms with Crippen molar-refractivity contribution in [3.63, 3.8) is 0 Å². The van der Waals surface area contributed by atoms with Gasteiger partial charge in [-0.3, -0.25) is 4.79 Å². The number of carbonyl (C=O) groups is 1. The molecule has 0 bridgehead atoms. The quantitative estimate of drug-likeness (QED) is 0.702. The van der Waals surface area contributed by atoms with Crippen molar-refractivity contribution in [1.82, 2.24) is 10.2 Å². The summed E-state index contributed by atoms with van der Waals surface area (Å²) in [7, 11) is 5.66. The van der Waals surface area contributed by atoms with E-state index >= 15 is 0 Å². The van der Waals surface area contributed by atoms with Crippen LogP contribution in [0, 0.1) is 0 Å². The molecule has 0 aromatic heterocycles. The number of nitrogens with zero attached hydrogens (tertiary/aromatic N) is 1. The Bertz CT molecular complexity index is 298. The van der Waals surface area contributed by atoms with E-state index in [9.17, 15) is 4.79 Å². The molecule has 1 N–H and O–H groups in total. The SMILES string of the molecule is CCOC(=O)C1(NC)CCC(N(C)CC(C)OC)C1. The lowest BCUT2D eigenvalue weighted by molar-refractivity contribution is -0.151. The van der Waals surface area contributed by atoms with Gasteiger partial charge in [0, 0.05) is 19.7 Å². The number of ether oxygens (including phenoxy) is 2. The van der Waals surface area contributed by atoms with Crippen molar-refractivity contribution in [3.8, 4) is 0 Å². The largest absolute Gasteiger partial charge is 0.465 e. The van der Waals surface area contributed by atoms with Gasteiger partial charge < -0.3 is 19.7 Å². The van der Waals surface area contributed by atoms with Crippen LogP contribution in [0.5, 0.6) is 0 Å². The zero-order chi connectivity index (χ0) is 14.5. The first-order valence-electron chi connectivity index (χ1n) is 7.08. The van der Waals surface area contributed by atoms with E-state index in [4.69, 9.17) is 9.47 Å². The van der Waals surface area contributed by atoms with Crippen molar-refractivity contribution in [2.45, 2.75) is 50.8 Å². The fourth-order valence-corrected chi connectivity index (χ4v) is 2.81. The molecule has 1 rings (SSSR count). The minimum Gasteiger partial charge on any atom is -0.465 e. The molecule has 1 aliphatic carbocycles. The van der Waals surface area contributed by atoms with E-state index in [-0.39, 0.29) is 12.1 Å². The van der Waals surface area contributed by atoms with Gasteiger partial charge in [0.05, 0.1) is 12.7 Å². The monoisotopic (exact) mass is 272 g/mol. The summed E-state index contributed by atoms with van der Waals surface area (Å²) in [5.41, 5.74) is -0.509. The topological polar surface area (TPSA) is 50.8 Å². The first kappa shape index (κ1) is 16.4. The van der Waals surface area contributed by atoms with E-state index in [1.54, 1.807) is 7.11 Å². The number of hydrogen-bond acceptors (Lipinski definition) is 5. The fourth-order valence-electron chi connectivity index (χ4n) is 2.81. The standard InChI is InChI=1S/C14H28N2O3/c1-6-19-13(17)14(15-3)8-7-12(9-14)16(4)10-11(2)18-5/h11-12,15H,6-10H2,1-5H3. The van der Waals surface area contributed by atoms with Crippen LogP contribution in [0.1, 0.15) is 33.1 Å². The summed E-state index contributed by atoms with van der Waals surface area (Å²) in [5.74, 6) is -0.117. The Labute approximate surface area is 116 Å². The number of nitrogens with one attached hydrogen (secondary N) is 1. The van der Waals surface area contributed by atoms with Crippen molar-refractivity contribution in [1.29, 1.82) is 0 Å². The molecule has 3 unspecified atom stereocenters. The number of carbonyl (C=O) groups excluding carboxylic acids is 1. The lowest BCUT2D eigenvalue weighted by atomic mass is 9.97. The zero-order valence-electron chi connectivity index (χ0n) is 12.9. The fraction of sp³-hybridized carbons (Fsp3) is 0.929. The van der Waals surface area contributed by atoms with Crippen LogP contribution in [0.15, 0.2) is 0 Å². The second-order valence-electron chi connectivity index (χ2n) is 5.44. The smallest absolute Gasteiger partial charge is 0.326 e. The maximum Gasteiger partial charge on any atom is 0.326 e. The second-order valence-corrected chi connectivity index (χ2v) is 5.44. The Hall–Kier alpha value is -0.650. The van der Waals surface area contributed by atoms with Gasteiger partial charge in [-0.1, -0.05) is 0 Å². The third-order valence-electron chi connectivity index (χ3n) is 4.20. The van der Waals surface area contributed by atoms with Gasteiger partial charge in [0.25, 0.3) is 0 Å². The molecule has 5 heteroatoms. The molecular weight excluding hydrogens is 244 g/mol. The molecule has 0 amide bonds. The molecule has 0 aromatic rings. The van der Waals surface area contributed by atoms with Gasteiger partial charge in [-0.15, -0.1) is 0 Å². The highest BCUT2D eigenvalue weighted by Crippen LogP contribution is 2.33. The van der Waals surface area contributed by atoms with Crippen molar-refractivity contribution < 1.29 is 14.3 Å². The van der Waals surface area contributed by atoms with Crippen molar-refractivity contribution in [3.05, 3.63) is 0 Å². The lowest BCUT2D eigenvalue weighted by Crippen LogP contribution is -2.50. The van der Waals surface area contributed by atoms with Crippen LogP contribution in [0.25, 0.3) is 0 Å². The molecule has 0 aliphatic heterocycles. The molecule has 112 valence electrons. The first-order valence-corrected chi connectivity index (χ1v) is 7.08. The summed E-state index contributed by atoms with van der Waals surface area (Å²) in [4.78, 5) is 14.4. The number of likely N-dealkylation sites (N-methyl/N-ethyl adjacent to an activating group) is 2. The lowest BCUT2D eigenvalue weighted by Gasteiger charge is -2.30. The predicted molar refractivity (Wildman–Crippen MR) is 75.2 cm³/mol. The Morgan fingerprint density at radius 2 is 2.26 bits per heavy atom. The summed E-state index contributed by atoms with van der Waals surface area (Å²) in [6.07, 6.45) is 2.85. The number of esters is 1. The van der Waals surface area contributed by atoms with Gasteiger partial charge in [-0.25, -0.2) is 0 Å². The average molecular weight is 272 g/mol. The first-order chi connectivity index (χ1) is 8.99. The summed E-state index contributed by atoms with van der Waals surface area (Å²) in [5, 5.41) is 3.18. The van der Waals surface area contributed by atoms with E-state index in [0.29, 0.717) is 12.6 Å². The molecule has 0 heterocycles. The van der Waals surface area contributed by atoms with Crippen LogP contribution in [0.3, 0.4) is 0 Å². The molecular formula is C14H28N2O3. The predicted octanol–water partition coefficient (Wildman–Crippen LogP) is 1.03. The third kappa shape index (κ3) is 3.91. The Balaban J connectivity index is 2.61. The maximum absolute atomic E-state index is 12.1. The van der Waals surface area contributed by atoms with E-state index in [2.05, 4.69) is 24.2 Å². The molecule has 1 aliphatic rings. The molecule has 19 heavy (non-hydrogen) atoms. The van der Waals surface area contributed by atoms with Crippen LogP contribution < -0.4 is 5.32 Å². The highest BCUT2D eigenvalue weighted by Gasteiger charge is 2.46. The van der Waals surface area contributed by atoms with Gasteiger partial charge >= 0.3 is 5.97 Å². The van der Waals surface area contributed by atoms with E-state index in [0.717, 1.165) is 25.8 Å². The molecule has 1 saturated carbocycles. The molecule has 0 spiro atoms. The average Bonchev–Trinajstić information content (AvgIpc) is 2.84. The van der Waals surface area contributed by atoms with E-state index in [1.807, 2.05) is 14.0 Å². The van der Waals surface area contributed by atoms with Crippen LogP contribution >= 0.6 is 0 Å². The normalized spacial score (nSPS) is 28.6. The zero-order valence-corrected chi connectivity index (χ0v) is 12.9. The molecule has 1 fully saturated rings. The molecule has 0 aromatic carbocycles. The Morgan fingerprint density at radius 3 is 2.79 bits per heavy atom. The van der Waals surface area contributed by atoms with Crippen LogP contribution in [-0.4, -0.2) is 62.9 Å². The Morgan fingerprint density at radius 1 is 1.58 bits per heavy atom. The second kappa shape index (κ2) is 7.22. The highest BCUT2D eigenvalue weighted by atomic mass is 16.5. The van der Waals surface area contributed by atoms with Gasteiger partial charge in [0.15, 0.2) is 0 Å². The highest BCUT2D eigenvalue weighted by molar-refractivity contribution is 5.81. The molecule has 5 nitrogen and oxygen atoms in total. The Kier molecular flexibility index (Phi) is 6.23. The summed E-state index contributed by atoms with van der Waals surface area (Å²) in [6.45, 7) is 5.22. The molecule has 0 saturated heterocycles. The minimum absolute atomic E-state index is 0.117. The van der Waals surface area contributed by atoms with Crippen LogP contribution in [-0.2, 0) is 14.3 Å². The van der Waals surface area contributed by atoms with E-state index in [1.165, 1.54) is 0 Å². The van der Waals surface area contributed by atoms with Gasteiger partial charge in [-0.2, -0.15) is 0 Å². The van der Waals surface area contributed by atoms with Gasteiger partial charge in [0.1, 0.15) is 5.54 Å². The third-order valence-corrected chi connectivity index (χ3v) is 4.20. The van der Waals surface area contributed by atoms with E-state index < -0.39 is 5.54 Å². The summed E-state index contributed by atoms with van der Waals surface area (Å²) < 4.78 is 10.5. The van der Waals surface area contributed by atoms with Gasteiger partial charge in [0.2, 0.25) is 0 Å².